The molecule has 1 aromatic heterocycles. The number of nitrogens with zero attached hydrogens (tertiary/aromatic N) is 2. The summed E-state index contributed by atoms with van der Waals surface area (Å²) in [5.74, 6) is 0. The lowest BCUT2D eigenvalue weighted by atomic mass is 10.2. The number of aromatic nitrogens is 1. The highest BCUT2D eigenvalue weighted by Crippen LogP contribution is 2.22. The van der Waals surface area contributed by atoms with Gasteiger partial charge in [-0.05, 0) is 12.0 Å². The summed E-state index contributed by atoms with van der Waals surface area (Å²) in [5.41, 5.74) is 7.57. The minimum Gasteiger partial charge on any atom is -0.327 e. The van der Waals surface area contributed by atoms with Crippen molar-refractivity contribution in [1.29, 1.82) is 0 Å². The van der Waals surface area contributed by atoms with Crippen LogP contribution in [0.3, 0.4) is 0 Å². The number of nitrogens with two attached hydrogens (primary N) is 1. The Kier molecular flexibility index (Phi) is 1.73. The van der Waals surface area contributed by atoms with Crippen LogP contribution in [0.15, 0.2) is 12.3 Å². The molecule has 0 saturated heterocycles. The molecule has 0 aromatic carbocycles. The van der Waals surface area contributed by atoms with Gasteiger partial charge in [-0.2, -0.15) is 0 Å². The molecule has 0 amide bonds. The van der Waals surface area contributed by atoms with Gasteiger partial charge in [0.1, 0.15) is 6.20 Å². The van der Waals surface area contributed by atoms with Gasteiger partial charge in [-0.25, -0.2) is 0 Å². The average Bonchev–Trinajstić information content (AvgIpc) is 2.42. The molecule has 68 valence electrons. The van der Waals surface area contributed by atoms with Crippen molar-refractivity contribution in [3.63, 3.8) is 0 Å². The Balaban J connectivity index is 2.40. The minimum absolute atomic E-state index is 0.0489. The summed E-state index contributed by atoms with van der Waals surface area (Å²) in [5, 5.41) is 10.4. The van der Waals surface area contributed by atoms with Crippen LogP contribution in [0.1, 0.15) is 11.3 Å². The molecule has 5 nitrogen and oxygen atoms in total. The highest BCUT2D eigenvalue weighted by atomic mass is 16.6. The first-order valence-electron chi connectivity index (χ1n) is 4.04. The van der Waals surface area contributed by atoms with Gasteiger partial charge >= 0.3 is 0 Å². The topological polar surface area (TPSA) is 82.0 Å². The molecule has 1 aromatic rings. The summed E-state index contributed by atoms with van der Waals surface area (Å²) in [7, 11) is 0. The van der Waals surface area contributed by atoms with Gasteiger partial charge in [-0.1, -0.05) is 0 Å². The van der Waals surface area contributed by atoms with Crippen molar-refractivity contribution in [2.24, 2.45) is 5.73 Å². The Bertz CT molecular complexity index is 364. The molecule has 1 atom stereocenters. The maximum atomic E-state index is 10.4. The summed E-state index contributed by atoms with van der Waals surface area (Å²) >= 11 is 0. The van der Waals surface area contributed by atoms with Crippen molar-refractivity contribution in [3.05, 3.63) is 33.6 Å². The van der Waals surface area contributed by atoms with E-state index in [0.717, 1.165) is 17.7 Å². The van der Waals surface area contributed by atoms with Crippen molar-refractivity contribution >= 4 is 5.69 Å². The molecule has 1 unspecified atom stereocenters. The molecule has 0 fully saturated rings. The third kappa shape index (κ3) is 1.38. The smallest absolute Gasteiger partial charge is 0.287 e. The second-order valence-corrected chi connectivity index (χ2v) is 3.22. The van der Waals surface area contributed by atoms with Crippen LogP contribution in [-0.4, -0.2) is 15.9 Å². The zero-order valence-electron chi connectivity index (χ0n) is 6.93. The summed E-state index contributed by atoms with van der Waals surface area (Å²) in [6, 6.07) is 1.64. The van der Waals surface area contributed by atoms with Gasteiger partial charge in [0.15, 0.2) is 0 Å². The van der Waals surface area contributed by atoms with E-state index in [2.05, 4.69) is 4.98 Å². The van der Waals surface area contributed by atoms with Crippen LogP contribution in [0.5, 0.6) is 0 Å². The monoisotopic (exact) mass is 179 g/mol. The Morgan fingerprint density at radius 1 is 1.62 bits per heavy atom. The fraction of sp³-hybridized carbons (Fsp3) is 0.375. The van der Waals surface area contributed by atoms with Gasteiger partial charge in [-0.3, -0.25) is 15.1 Å². The fourth-order valence-corrected chi connectivity index (χ4v) is 1.59. The average molecular weight is 179 g/mol. The van der Waals surface area contributed by atoms with E-state index in [9.17, 15) is 10.1 Å². The van der Waals surface area contributed by atoms with Gasteiger partial charge in [0.25, 0.3) is 5.69 Å². The molecule has 13 heavy (non-hydrogen) atoms. The SMILES string of the molecule is NC1Cc2cc([N+](=O)[O-])cnc2C1. The molecular formula is C8H9N3O2. The van der Waals surface area contributed by atoms with Crippen LogP contribution < -0.4 is 5.73 Å². The summed E-state index contributed by atoms with van der Waals surface area (Å²) in [6.45, 7) is 0. The van der Waals surface area contributed by atoms with Crippen molar-refractivity contribution in [1.82, 2.24) is 4.98 Å². The van der Waals surface area contributed by atoms with E-state index in [1.165, 1.54) is 6.20 Å². The largest absolute Gasteiger partial charge is 0.327 e. The number of nitro groups is 1. The van der Waals surface area contributed by atoms with Crippen LogP contribution in [0.2, 0.25) is 0 Å². The zero-order valence-corrected chi connectivity index (χ0v) is 6.93. The first-order chi connectivity index (χ1) is 6.16. The Labute approximate surface area is 74.7 Å². The Morgan fingerprint density at radius 2 is 2.38 bits per heavy atom. The molecule has 0 aliphatic heterocycles. The third-order valence-electron chi connectivity index (χ3n) is 2.19. The summed E-state index contributed by atoms with van der Waals surface area (Å²) < 4.78 is 0. The van der Waals surface area contributed by atoms with Crippen LogP contribution in [0.4, 0.5) is 5.69 Å². The highest BCUT2D eigenvalue weighted by molar-refractivity contribution is 5.37. The van der Waals surface area contributed by atoms with Crippen LogP contribution >= 0.6 is 0 Å². The van der Waals surface area contributed by atoms with Gasteiger partial charge < -0.3 is 5.73 Å². The van der Waals surface area contributed by atoms with Gasteiger partial charge in [0.2, 0.25) is 0 Å². The van der Waals surface area contributed by atoms with Crippen LogP contribution in [0.25, 0.3) is 0 Å². The number of rotatable bonds is 1. The van der Waals surface area contributed by atoms with Crippen molar-refractivity contribution < 1.29 is 4.92 Å². The molecule has 2 N–H and O–H groups in total. The van der Waals surface area contributed by atoms with E-state index in [1.807, 2.05) is 0 Å². The van der Waals surface area contributed by atoms with Crippen molar-refractivity contribution in [3.8, 4) is 0 Å². The maximum absolute atomic E-state index is 10.4. The zero-order chi connectivity index (χ0) is 9.42. The predicted octanol–water partition coefficient (Wildman–Crippen LogP) is 0.416. The molecule has 1 heterocycles. The second kappa shape index (κ2) is 2.77. The number of fused-ring (bicyclic) bond motifs is 1. The molecule has 1 aliphatic carbocycles. The van der Waals surface area contributed by atoms with Crippen molar-refractivity contribution in [2.75, 3.05) is 0 Å². The maximum Gasteiger partial charge on any atom is 0.287 e. The molecule has 0 spiro atoms. The molecule has 0 bridgehead atoms. The lowest BCUT2D eigenvalue weighted by molar-refractivity contribution is -0.385. The standard InChI is InChI=1S/C8H9N3O2/c9-6-1-5-2-7(11(12)13)4-10-8(5)3-6/h2,4,6H,1,3,9H2. The molecule has 1 aliphatic rings. The van der Waals surface area contributed by atoms with Crippen LogP contribution in [0, 0.1) is 10.1 Å². The van der Waals surface area contributed by atoms with E-state index in [0.29, 0.717) is 6.42 Å². The number of hydrogen-bond acceptors (Lipinski definition) is 4. The molecule has 5 heteroatoms. The van der Waals surface area contributed by atoms with E-state index in [-0.39, 0.29) is 11.7 Å². The molecule has 0 radical (unpaired) electrons. The van der Waals surface area contributed by atoms with Crippen LogP contribution in [-0.2, 0) is 12.8 Å². The third-order valence-corrected chi connectivity index (χ3v) is 2.19. The quantitative estimate of drug-likeness (QED) is 0.500. The van der Waals surface area contributed by atoms with E-state index >= 15 is 0 Å². The minimum atomic E-state index is -0.433. The fourth-order valence-electron chi connectivity index (χ4n) is 1.59. The first-order valence-corrected chi connectivity index (χ1v) is 4.04. The van der Waals surface area contributed by atoms with E-state index < -0.39 is 4.92 Å². The molecule has 2 rings (SSSR count). The number of hydrogen-bond donors (Lipinski definition) is 1. The van der Waals surface area contributed by atoms with Crippen molar-refractivity contribution in [2.45, 2.75) is 18.9 Å². The summed E-state index contributed by atoms with van der Waals surface area (Å²) in [6.07, 6.45) is 2.72. The molecular weight excluding hydrogens is 170 g/mol. The predicted molar refractivity (Wildman–Crippen MR) is 46.3 cm³/mol. The van der Waals surface area contributed by atoms with E-state index in [1.54, 1.807) is 6.07 Å². The normalized spacial score (nSPS) is 19.9. The highest BCUT2D eigenvalue weighted by Gasteiger charge is 2.21. The van der Waals surface area contributed by atoms with E-state index in [4.69, 9.17) is 5.73 Å². The second-order valence-electron chi connectivity index (χ2n) is 3.22. The lowest BCUT2D eigenvalue weighted by Crippen LogP contribution is -2.19. The Hall–Kier alpha value is -1.49. The number of pyridine rings is 1. The lowest BCUT2D eigenvalue weighted by Gasteiger charge is -1.95. The Morgan fingerprint density at radius 3 is 3.08 bits per heavy atom. The van der Waals surface area contributed by atoms with Gasteiger partial charge in [0.05, 0.1) is 4.92 Å². The summed E-state index contributed by atoms with van der Waals surface area (Å²) in [4.78, 5) is 14.0. The first kappa shape index (κ1) is 8.12. The van der Waals surface area contributed by atoms with Gasteiger partial charge in [0, 0.05) is 24.2 Å². The van der Waals surface area contributed by atoms with Gasteiger partial charge in [-0.15, -0.1) is 0 Å². The molecule has 0 saturated carbocycles.